The summed E-state index contributed by atoms with van der Waals surface area (Å²) >= 11 is 0. The third kappa shape index (κ3) is 6.25. The van der Waals surface area contributed by atoms with Gasteiger partial charge in [0.05, 0.1) is 18.2 Å². The highest BCUT2D eigenvalue weighted by molar-refractivity contribution is 6.00. The van der Waals surface area contributed by atoms with Gasteiger partial charge in [0.2, 0.25) is 0 Å². The van der Waals surface area contributed by atoms with Crippen LogP contribution in [0.15, 0.2) is 83.3 Å². The normalized spacial score (nSPS) is 14.8. The number of aryl methyl sites for hydroxylation is 1. The molecule has 0 aliphatic carbocycles. The minimum atomic E-state index is -0.393. The maximum atomic E-state index is 12.7. The van der Waals surface area contributed by atoms with E-state index in [1.54, 1.807) is 38.4 Å². The van der Waals surface area contributed by atoms with E-state index in [0.717, 1.165) is 52.5 Å². The highest BCUT2D eigenvalue weighted by atomic mass is 16.5. The molecule has 6 rings (SSSR count). The smallest absolute Gasteiger partial charge is 0.323 e. The van der Waals surface area contributed by atoms with Gasteiger partial charge >= 0.3 is 6.03 Å². The van der Waals surface area contributed by atoms with Crippen molar-refractivity contribution in [3.05, 3.63) is 90.2 Å². The number of ether oxygens (including phenoxy) is 1. The summed E-state index contributed by atoms with van der Waals surface area (Å²) in [6.45, 7) is 6.10. The lowest BCUT2D eigenvalue weighted by Crippen LogP contribution is -2.41. The van der Waals surface area contributed by atoms with Crippen molar-refractivity contribution in [1.82, 2.24) is 14.9 Å². The first-order chi connectivity index (χ1) is 21.2. The van der Waals surface area contributed by atoms with Crippen LogP contribution in [0.4, 0.5) is 22.0 Å². The first-order valence-corrected chi connectivity index (χ1v) is 14.5. The minimum absolute atomic E-state index is 0.0950. The Morgan fingerprint density at radius 3 is 2.20 bits per heavy atom. The van der Waals surface area contributed by atoms with Gasteiger partial charge in [0, 0.05) is 60.6 Å². The molecular weight excluding hydrogens is 556 g/mol. The van der Waals surface area contributed by atoms with E-state index in [-0.39, 0.29) is 12.0 Å². The van der Waals surface area contributed by atoms with E-state index in [1.165, 1.54) is 4.90 Å². The fraction of sp³-hybridized carbons (Fsp3) is 0.235. The lowest BCUT2D eigenvalue weighted by Gasteiger charge is -2.32. The van der Waals surface area contributed by atoms with Crippen molar-refractivity contribution in [2.75, 3.05) is 49.3 Å². The minimum Gasteiger partial charge on any atom is -0.461 e. The third-order valence-electron chi connectivity index (χ3n) is 7.44. The molecule has 5 aromatic rings. The molecule has 0 bridgehead atoms. The van der Waals surface area contributed by atoms with Crippen molar-refractivity contribution in [2.45, 2.75) is 20.0 Å². The van der Waals surface area contributed by atoms with Gasteiger partial charge in [0.1, 0.15) is 17.3 Å². The van der Waals surface area contributed by atoms with Gasteiger partial charge in [0.15, 0.2) is 5.82 Å². The van der Waals surface area contributed by atoms with E-state index in [0.29, 0.717) is 29.4 Å². The first kappa shape index (κ1) is 28.9. The fourth-order valence-corrected chi connectivity index (χ4v) is 5.19. The number of nitrogens with zero attached hydrogens (tertiary/aromatic N) is 4. The molecule has 224 valence electrons. The zero-order valence-corrected chi connectivity index (χ0v) is 25.1. The number of hydrogen-bond donors (Lipinski definition) is 2. The number of rotatable bonds is 6. The summed E-state index contributed by atoms with van der Waals surface area (Å²) in [6, 6.07) is 23.8. The summed E-state index contributed by atoms with van der Waals surface area (Å²) in [5, 5.41) is 6.61. The molecular formula is C34H34N6O4. The van der Waals surface area contributed by atoms with Gasteiger partial charge in [-0.05, 0) is 86.6 Å². The molecule has 0 spiro atoms. The number of benzene rings is 3. The Labute approximate surface area is 255 Å². The molecule has 1 fully saturated rings. The van der Waals surface area contributed by atoms with Crippen LogP contribution in [0.3, 0.4) is 0 Å². The highest BCUT2D eigenvalue weighted by Crippen LogP contribution is 2.33. The summed E-state index contributed by atoms with van der Waals surface area (Å²) in [5.41, 5.74) is 4.32. The monoisotopic (exact) mass is 590 g/mol. The van der Waals surface area contributed by atoms with Crippen LogP contribution in [0.5, 0.6) is 0 Å². The molecule has 1 unspecified atom stereocenters. The topological polar surface area (TPSA) is 113 Å². The Morgan fingerprint density at radius 1 is 0.886 bits per heavy atom. The Balaban J connectivity index is 1.24. The molecule has 44 heavy (non-hydrogen) atoms. The van der Waals surface area contributed by atoms with Crippen LogP contribution in [0.1, 0.15) is 23.0 Å². The SMILES string of the molecule is Cc1ccc(-c2ccc3c(N4CCOC(C)C4)nc(-c4ccc(NC(=O)Nc5ccc(C(=O)N(C)C)cc5)cc4)nc3c2)o1. The number of anilines is 3. The number of amides is 3. The molecule has 3 heterocycles. The maximum Gasteiger partial charge on any atom is 0.323 e. The van der Waals surface area contributed by atoms with Crippen LogP contribution in [0.25, 0.3) is 33.6 Å². The molecule has 1 aliphatic rings. The fourth-order valence-electron chi connectivity index (χ4n) is 5.19. The average molecular weight is 591 g/mol. The standard InChI is InChI=1S/C34H34N6O4/c1-21-5-16-30(44-21)25-10-15-28-29(19-25)37-31(38-32(28)40-17-18-43-22(2)20-40)23-6-11-26(12-7-23)35-34(42)36-27-13-8-24(9-14-27)33(41)39(3)4/h5-16,19,22H,17-18,20H2,1-4H3,(H2,35,36,42). The van der Waals surface area contributed by atoms with E-state index < -0.39 is 6.03 Å². The van der Waals surface area contributed by atoms with Crippen molar-refractivity contribution >= 4 is 40.0 Å². The number of urea groups is 1. The molecule has 10 heteroatoms. The predicted octanol–water partition coefficient (Wildman–Crippen LogP) is 6.44. The van der Waals surface area contributed by atoms with Crippen LogP contribution in [-0.4, -0.2) is 66.7 Å². The number of carbonyl (C=O) groups is 2. The average Bonchev–Trinajstić information content (AvgIpc) is 3.46. The molecule has 3 amide bonds. The zero-order chi connectivity index (χ0) is 30.8. The van der Waals surface area contributed by atoms with Crippen molar-refractivity contribution in [3.8, 4) is 22.7 Å². The summed E-state index contributed by atoms with van der Waals surface area (Å²) in [4.78, 5) is 38.5. The number of morpholine rings is 1. The molecule has 1 atom stereocenters. The highest BCUT2D eigenvalue weighted by Gasteiger charge is 2.22. The second kappa shape index (κ2) is 12.2. The summed E-state index contributed by atoms with van der Waals surface area (Å²) in [6.07, 6.45) is 0.0950. The largest absolute Gasteiger partial charge is 0.461 e. The van der Waals surface area contributed by atoms with Gasteiger partial charge < -0.3 is 29.6 Å². The van der Waals surface area contributed by atoms with Gasteiger partial charge in [-0.3, -0.25) is 4.79 Å². The number of nitrogens with one attached hydrogen (secondary N) is 2. The number of furan rings is 1. The van der Waals surface area contributed by atoms with E-state index in [1.807, 2.05) is 55.5 Å². The summed E-state index contributed by atoms with van der Waals surface area (Å²) < 4.78 is 11.7. The molecule has 3 aromatic carbocycles. The summed E-state index contributed by atoms with van der Waals surface area (Å²) in [5.74, 6) is 2.99. The molecule has 1 aliphatic heterocycles. The van der Waals surface area contributed by atoms with E-state index in [2.05, 4.69) is 28.5 Å². The van der Waals surface area contributed by atoms with Gasteiger partial charge in [-0.2, -0.15) is 0 Å². The van der Waals surface area contributed by atoms with E-state index >= 15 is 0 Å². The molecule has 1 saturated heterocycles. The van der Waals surface area contributed by atoms with Crippen molar-refractivity contribution in [2.24, 2.45) is 0 Å². The quantitative estimate of drug-likeness (QED) is 0.234. The van der Waals surface area contributed by atoms with Crippen molar-refractivity contribution < 1.29 is 18.7 Å². The van der Waals surface area contributed by atoms with Gasteiger partial charge in [0.25, 0.3) is 5.91 Å². The lowest BCUT2D eigenvalue weighted by molar-refractivity contribution is 0.0530. The number of fused-ring (bicyclic) bond motifs is 1. The number of hydrogen-bond acceptors (Lipinski definition) is 7. The molecule has 2 aromatic heterocycles. The van der Waals surface area contributed by atoms with Crippen LogP contribution >= 0.6 is 0 Å². The van der Waals surface area contributed by atoms with Crippen molar-refractivity contribution in [3.63, 3.8) is 0 Å². The van der Waals surface area contributed by atoms with E-state index in [9.17, 15) is 9.59 Å². The van der Waals surface area contributed by atoms with Gasteiger partial charge in [-0.25, -0.2) is 14.8 Å². The van der Waals surface area contributed by atoms with Crippen molar-refractivity contribution in [1.29, 1.82) is 0 Å². The van der Waals surface area contributed by atoms with Gasteiger partial charge in [-0.15, -0.1) is 0 Å². The van der Waals surface area contributed by atoms with Crippen LogP contribution < -0.4 is 15.5 Å². The van der Waals surface area contributed by atoms with Crippen LogP contribution in [-0.2, 0) is 4.74 Å². The number of carbonyl (C=O) groups excluding carboxylic acids is 2. The third-order valence-corrected chi connectivity index (χ3v) is 7.44. The Hall–Kier alpha value is -5.22. The lowest BCUT2D eigenvalue weighted by atomic mass is 10.1. The second-order valence-electron chi connectivity index (χ2n) is 11.1. The zero-order valence-electron chi connectivity index (χ0n) is 25.1. The Morgan fingerprint density at radius 2 is 1.57 bits per heavy atom. The molecule has 10 nitrogen and oxygen atoms in total. The Bertz CT molecular complexity index is 1810. The van der Waals surface area contributed by atoms with Gasteiger partial charge in [-0.1, -0.05) is 6.07 Å². The second-order valence-corrected chi connectivity index (χ2v) is 11.1. The maximum absolute atomic E-state index is 12.7. The molecule has 0 saturated carbocycles. The van der Waals surface area contributed by atoms with E-state index in [4.69, 9.17) is 19.1 Å². The van der Waals surface area contributed by atoms with Crippen LogP contribution in [0, 0.1) is 6.92 Å². The van der Waals surface area contributed by atoms with Crippen LogP contribution in [0.2, 0.25) is 0 Å². The Kier molecular flexibility index (Phi) is 7.99. The first-order valence-electron chi connectivity index (χ1n) is 14.5. The molecule has 2 N–H and O–H groups in total. The molecule has 0 radical (unpaired) electrons. The summed E-state index contributed by atoms with van der Waals surface area (Å²) in [7, 11) is 3.39. The predicted molar refractivity (Wildman–Crippen MR) is 172 cm³/mol. The number of aromatic nitrogens is 2.